The van der Waals surface area contributed by atoms with Crippen molar-refractivity contribution in [2.45, 2.75) is 73.1 Å². The van der Waals surface area contributed by atoms with E-state index in [1.165, 1.54) is 16.7 Å². The lowest BCUT2D eigenvalue weighted by atomic mass is 9.78. The maximum atomic E-state index is 9.33. The smallest absolute Gasteiger partial charge is 0.115 e. The zero-order chi connectivity index (χ0) is 28.9. The van der Waals surface area contributed by atoms with Crippen LogP contribution in [0.15, 0.2) is 97.1 Å². The van der Waals surface area contributed by atoms with Gasteiger partial charge in [-0.15, -0.1) is 0 Å². The molecule has 0 heterocycles. The molecule has 204 valence electrons. The first-order valence-corrected chi connectivity index (χ1v) is 13.5. The summed E-state index contributed by atoms with van der Waals surface area (Å²) < 4.78 is 0. The maximum Gasteiger partial charge on any atom is 0.115 e. The van der Waals surface area contributed by atoms with E-state index in [1.54, 1.807) is 36.4 Å². The molecule has 4 rings (SSSR count). The Labute approximate surface area is 230 Å². The van der Waals surface area contributed by atoms with Crippen molar-refractivity contribution in [1.82, 2.24) is 0 Å². The van der Waals surface area contributed by atoms with Crippen molar-refractivity contribution >= 4 is 0 Å². The minimum absolute atomic E-state index is 0.0403. The molecule has 0 aliphatic carbocycles. The van der Waals surface area contributed by atoms with Crippen LogP contribution in [0.5, 0.6) is 17.2 Å². The van der Waals surface area contributed by atoms with Crippen LogP contribution >= 0.6 is 0 Å². The van der Waals surface area contributed by atoms with E-state index in [2.05, 4.69) is 58.9 Å². The van der Waals surface area contributed by atoms with Gasteiger partial charge in [-0.1, -0.05) is 122 Å². The van der Waals surface area contributed by atoms with Crippen molar-refractivity contribution in [1.29, 1.82) is 0 Å². The largest absolute Gasteiger partial charge is 0.508 e. The molecular formula is C35H46O3. The van der Waals surface area contributed by atoms with E-state index in [9.17, 15) is 15.3 Å². The fourth-order valence-electron chi connectivity index (χ4n) is 3.94. The van der Waals surface area contributed by atoms with Gasteiger partial charge in [-0.2, -0.15) is 0 Å². The quantitative estimate of drug-likeness (QED) is 0.254. The normalized spacial score (nSPS) is 10.6. The fraction of sp³-hybridized carbons (Fsp3) is 0.314. The Bertz CT molecular complexity index is 992. The molecule has 0 aliphatic rings. The first-order valence-electron chi connectivity index (χ1n) is 13.5. The molecule has 0 bridgehead atoms. The lowest BCUT2D eigenvalue weighted by molar-refractivity contribution is 0.473. The number of phenolic OH excluding ortho intramolecular Hbond substituents is 3. The van der Waals surface area contributed by atoms with Gasteiger partial charge in [0.25, 0.3) is 0 Å². The van der Waals surface area contributed by atoms with Crippen LogP contribution < -0.4 is 0 Å². The first-order chi connectivity index (χ1) is 18.0. The molecule has 0 aromatic heterocycles. The summed E-state index contributed by atoms with van der Waals surface area (Å²) in [6, 6.07) is 30.5. The average molecular weight is 515 g/mol. The summed E-state index contributed by atoms with van der Waals surface area (Å²) in [4.78, 5) is 0. The monoisotopic (exact) mass is 514 g/mol. The summed E-state index contributed by atoms with van der Waals surface area (Å²) in [5, 5.41) is 27.9. The van der Waals surface area contributed by atoms with Gasteiger partial charge in [-0.05, 0) is 65.6 Å². The van der Waals surface area contributed by atoms with Gasteiger partial charge in [0.1, 0.15) is 17.2 Å². The number of benzene rings is 4. The van der Waals surface area contributed by atoms with Crippen LogP contribution in [-0.4, -0.2) is 15.3 Å². The van der Waals surface area contributed by atoms with Crippen LogP contribution in [0.4, 0.5) is 0 Å². The van der Waals surface area contributed by atoms with Crippen LogP contribution in [0.3, 0.4) is 0 Å². The highest BCUT2D eigenvalue weighted by atomic mass is 16.3. The predicted molar refractivity (Wildman–Crippen MR) is 162 cm³/mol. The number of hydrogen-bond acceptors (Lipinski definition) is 3. The molecule has 4 aromatic rings. The van der Waals surface area contributed by atoms with Gasteiger partial charge in [0.15, 0.2) is 0 Å². The van der Waals surface area contributed by atoms with E-state index in [0.717, 1.165) is 11.1 Å². The second kappa shape index (κ2) is 14.9. The third kappa shape index (κ3) is 8.69. The Hall–Kier alpha value is -3.72. The summed E-state index contributed by atoms with van der Waals surface area (Å²) in [5.74, 6) is 0.860. The van der Waals surface area contributed by atoms with Gasteiger partial charge in [0, 0.05) is 10.8 Å². The van der Waals surface area contributed by atoms with Crippen LogP contribution in [0.1, 0.15) is 83.2 Å². The molecule has 0 spiro atoms. The van der Waals surface area contributed by atoms with Gasteiger partial charge < -0.3 is 15.3 Å². The highest BCUT2D eigenvalue weighted by Gasteiger charge is 2.23. The lowest BCUT2D eigenvalue weighted by Crippen LogP contribution is -2.18. The van der Waals surface area contributed by atoms with E-state index < -0.39 is 0 Å². The summed E-state index contributed by atoms with van der Waals surface area (Å²) >= 11 is 0. The minimum atomic E-state index is -0.151. The van der Waals surface area contributed by atoms with E-state index in [4.69, 9.17) is 0 Å². The van der Waals surface area contributed by atoms with Crippen LogP contribution in [-0.2, 0) is 10.8 Å². The third-order valence-electron chi connectivity index (χ3n) is 6.54. The Morgan fingerprint density at radius 2 is 0.553 bits per heavy atom. The molecular weight excluding hydrogens is 468 g/mol. The number of rotatable bonds is 4. The zero-order valence-electron chi connectivity index (χ0n) is 24.6. The Kier molecular flexibility index (Phi) is 12.6. The third-order valence-corrected chi connectivity index (χ3v) is 6.54. The van der Waals surface area contributed by atoms with E-state index in [1.807, 2.05) is 64.1 Å². The highest BCUT2D eigenvalue weighted by Crippen LogP contribution is 2.33. The topological polar surface area (TPSA) is 60.7 Å². The number of aryl methyl sites for hydroxylation is 1. The van der Waals surface area contributed by atoms with Crippen LogP contribution in [0.25, 0.3) is 0 Å². The van der Waals surface area contributed by atoms with Gasteiger partial charge in [0.05, 0.1) is 0 Å². The Morgan fingerprint density at radius 3 is 0.763 bits per heavy atom. The number of hydrogen-bond donors (Lipinski definition) is 3. The summed E-state index contributed by atoms with van der Waals surface area (Å²) in [5.41, 5.74) is 5.83. The molecule has 0 amide bonds. The number of phenols is 3. The van der Waals surface area contributed by atoms with Crippen LogP contribution in [0.2, 0.25) is 0 Å². The Morgan fingerprint density at radius 1 is 0.368 bits per heavy atom. The molecule has 3 nitrogen and oxygen atoms in total. The second-order valence-corrected chi connectivity index (χ2v) is 9.76. The van der Waals surface area contributed by atoms with Crippen LogP contribution in [0, 0.1) is 6.92 Å². The molecule has 0 atom stereocenters. The average Bonchev–Trinajstić information content (AvgIpc) is 2.92. The molecule has 0 unspecified atom stereocenters. The van der Waals surface area contributed by atoms with E-state index >= 15 is 0 Å². The molecule has 3 N–H and O–H groups in total. The highest BCUT2D eigenvalue weighted by molar-refractivity contribution is 5.42. The molecule has 0 fully saturated rings. The summed E-state index contributed by atoms with van der Waals surface area (Å²) in [6.45, 7) is 18.7. The SMILES string of the molecule is CC.CC.CC(C)(c1ccc(O)cc1)c1ccc(O)cc1.Cc1ccc(C(C)(C)c2ccc(O)cc2)cc1. The molecule has 0 aliphatic heterocycles. The van der Waals surface area contributed by atoms with Crippen molar-refractivity contribution in [2.24, 2.45) is 0 Å². The summed E-state index contributed by atoms with van der Waals surface area (Å²) in [6.07, 6.45) is 0. The Balaban J connectivity index is 0.000000336. The lowest BCUT2D eigenvalue weighted by Gasteiger charge is -2.26. The number of aromatic hydroxyl groups is 3. The van der Waals surface area contributed by atoms with Crippen molar-refractivity contribution < 1.29 is 15.3 Å². The molecule has 3 heteroatoms. The van der Waals surface area contributed by atoms with Crippen molar-refractivity contribution in [3.63, 3.8) is 0 Å². The molecule has 38 heavy (non-hydrogen) atoms. The molecule has 4 aromatic carbocycles. The van der Waals surface area contributed by atoms with E-state index in [0.29, 0.717) is 5.75 Å². The van der Waals surface area contributed by atoms with Crippen molar-refractivity contribution in [3.05, 3.63) is 125 Å². The van der Waals surface area contributed by atoms with E-state index in [-0.39, 0.29) is 22.3 Å². The minimum Gasteiger partial charge on any atom is -0.508 e. The van der Waals surface area contributed by atoms with Crippen molar-refractivity contribution in [3.8, 4) is 17.2 Å². The van der Waals surface area contributed by atoms with Gasteiger partial charge >= 0.3 is 0 Å². The molecule has 0 saturated heterocycles. The van der Waals surface area contributed by atoms with Gasteiger partial charge in [-0.25, -0.2) is 0 Å². The van der Waals surface area contributed by atoms with Gasteiger partial charge in [0.2, 0.25) is 0 Å². The standard InChI is InChI=1S/C16H18O.C15H16O2.2C2H6/c1-12-4-6-13(7-5-12)16(2,3)14-8-10-15(17)11-9-14;1-15(2,11-3-7-13(16)8-4-11)12-5-9-14(17)10-6-12;2*1-2/h4-11,17H,1-3H3;3-10,16-17H,1-2H3;2*1-2H3. The second-order valence-electron chi connectivity index (χ2n) is 9.76. The summed E-state index contributed by atoms with van der Waals surface area (Å²) in [7, 11) is 0. The maximum absolute atomic E-state index is 9.33. The zero-order valence-corrected chi connectivity index (χ0v) is 24.6. The first kappa shape index (κ1) is 32.3. The fourth-order valence-corrected chi connectivity index (χ4v) is 3.94. The predicted octanol–water partition coefficient (Wildman–Crippen LogP) is 9.50. The van der Waals surface area contributed by atoms with Gasteiger partial charge in [-0.3, -0.25) is 0 Å². The molecule has 0 radical (unpaired) electrons. The van der Waals surface area contributed by atoms with Crippen molar-refractivity contribution in [2.75, 3.05) is 0 Å². The molecule has 0 saturated carbocycles.